The molecule has 3 heterocycles. The van der Waals surface area contributed by atoms with Crippen molar-refractivity contribution in [1.29, 1.82) is 0 Å². The Morgan fingerprint density at radius 1 is 0.946 bits per heavy atom. The Hall–Kier alpha value is -4.68. The minimum atomic E-state index is -4.66. The molecule has 0 spiro atoms. The van der Waals surface area contributed by atoms with E-state index in [9.17, 15) is 18.0 Å². The molecule has 0 atom stereocenters. The Morgan fingerprint density at radius 3 is 2.22 bits per heavy atom. The molecule has 0 saturated carbocycles. The molecule has 1 N–H and O–H groups in total. The fourth-order valence-corrected chi connectivity index (χ4v) is 3.51. The SMILES string of the molecule is COc1cc(Nc2ncc(-c3cnc(OC)c(C=O)c3)c(-n3nc(C(F)(F)F)cc3C)n2)cc(OC)c1. The second-order valence-electron chi connectivity index (χ2n) is 7.68. The van der Waals surface area contributed by atoms with E-state index in [0.29, 0.717) is 29.0 Å². The molecule has 4 aromatic rings. The fourth-order valence-electron chi connectivity index (χ4n) is 3.51. The van der Waals surface area contributed by atoms with Crippen LogP contribution in [0, 0.1) is 6.92 Å². The van der Waals surface area contributed by atoms with Crippen molar-refractivity contribution in [2.75, 3.05) is 26.6 Å². The highest BCUT2D eigenvalue weighted by atomic mass is 19.4. The number of pyridine rings is 1. The molecule has 0 unspecified atom stereocenters. The first-order valence-corrected chi connectivity index (χ1v) is 10.7. The zero-order valence-electron chi connectivity index (χ0n) is 20.1. The van der Waals surface area contributed by atoms with Crippen LogP contribution >= 0.6 is 0 Å². The van der Waals surface area contributed by atoms with Gasteiger partial charge in [0.1, 0.15) is 11.5 Å². The van der Waals surface area contributed by atoms with Crippen LogP contribution in [0.15, 0.2) is 42.7 Å². The molecule has 0 saturated heterocycles. The minimum Gasteiger partial charge on any atom is -0.497 e. The molecule has 192 valence electrons. The van der Waals surface area contributed by atoms with Crippen LogP contribution in [0.25, 0.3) is 16.9 Å². The van der Waals surface area contributed by atoms with Crippen LogP contribution in [0.1, 0.15) is 21.7 Å². The van der Waals surface area contributed by atoms with Crippen LogP contribution in [-0.2, 0) is 6.18 Å². The Kier molecular flexibility index (Phi) is 6.96. The van der Waals surface area contributed by atoms with Crippen molar-refractivity contribution in [2.24, 2.45) is 0 Å². The number of nitrogens with zero attached hydrogens (tertiary/aromatic N) is 5. The Bertz CT molecular complexity index is 1430. The van der Waals surface area contributed by atoms with Crippen LogP contribution in [0.5, 0.6) is 17.4 Å². The van der Waals surface area contributed by atoms with E-state index in [2.05, 4.69) is 25.4 Å². The second-order valence-corrected chi connectivity index (χ2v) is 7.68. The van der Waals surface area contributed by atoms with Gasteiger partial charge in [0, 0.05) is 53.1 Å². The summed E-state index contributed by atoms with van der Waals surface area (Å²) in [5.74, 6) is 1.20. The topological polar surface area (TPSA) is 113 Å². The average Bonchev–Trinajstić information content (AvgIpc) is 3.30. The van der Waals surface area contributed by atoms with Gasteiger partial charge in [0.05, 0.1) is 26.9 Å². The number of carbonyl (C=O) groups is 1. The Morgan fingerprint density at radius 2 is 1.65 bits per heavy atom. The first kappa shape index (κ1) is 25.4. The maximum Gasteiger partial charge on any atom is 0.435 e. The smallest absolute Gasteiger partial charge is 0.435 e. The number of benzene rings is 1. The van der Waals surface area contributed by atoms with Gasteiger partial charge in [0.2, 0.25) is 11.8 Å². The lowest BCUT2D eigenvalue weighted by molar-refractivity contribution is -0.141. The third-order valence-corrected chi connectivity index (χ3v) is 5.26. The quantitative estimate of drug-likeness (QED) is 0.336. The van der Waals surface area contributed by atoms with E-state index < -0.39 is 11.9 Å². The standard InChI is InChI=1S/C24H21F3N6O4/c1-13-5-20(24(25,26)27)32-33(13)21-19(14-6-15(12-34)22(37-4)28-10-14)11-29-23(31-21)30-16-7-17(35-2)9-18(8-16)36-3/h5-12H,1-4H3,(H,29,30,31). The third-order valence-electron chi connectivity index (χ3n) is 5.26. The summed E-state index contributed by atoms with van der Waals surface area (Å²) in [5.41, 5.74) is 0.409. The first-order valence-electron chi connectivity index (χ1n) is 10.7. The molecule has 10 nitrogen and oxygen atoms in total. The van der Waals surface area contributed by atoms with Crippen LogP contribution < -0.4 is 19.5 Å². The van der Waals surface area contributed by atoms with Crippen LogP contribution in [0.2, 0.25) is 0 Å². The zero-order valence-corrected chi connectivity index (χ0v) is 20.1. The highest BCUT2D eigenvalue weighted by Crippen LogP contribution is 2.33. The zero-order chi connectivity index (χ0) is 26.7. The number of aryl methyl sites for hydroxylation is 1. The van der Waals surface area contributed by atoms with Crippen molar-refractivity contribution in [3.63, 3.8) is 0 Å². The molecule has 0 fully saturated rings. The van der Waals surface area contributed by atoms with Crippen LogP contribution in [0.3, 0.4) is 0 Å². The number of halogens is 3. The van der Waals surface area contributed by atoms with Gasteiger partial charge < -0.3 is 19.5 Å². The molecule has 4 rings (SSSR count). The number of hydrogen-bond donors (Lipinski definition) is 1. The lowest BCUT2D eigenvalue weighted by Crippen LogP contribution is -2.11. The predicted octanol–water partition coefficient (Wildman–Crippen LogP) is 4.63. The number of ether oxygens (including phenoxy) is 3. The van der Waals surface area contributed by atoms with Crippen molar-refractivity contribution in [3.8, 4) is 34.3 Å². The van der Waals surface area contributed by atoms with Gasteiger partial charge in [-0.1, -0.05) is 0 Å². The van der Waals surface area contributed by atoms with Gasteiger partial charge in [0.15, 0.2) is 17.8 Å². The highest BCUT2D eigenvalue weighted by molar-refractivity contribution is 5.82. The summed E-state index contributed by atoms with van der Waals surface area (Å²) in [5, 5.41) is 6.74. The van der Waals surface area contributed by atoms with E-state index in [1.165, 1.54) is 46.7 Å². The molecule has 0 amide bonds. The molecule has 0 bridgehead atoms. The summed E-state index contributed by atoms with van der Waals surface area (Å²) >= 11 is 0. The summed E-state index contributed by atoms with van der Waals surface area (Å²) in [6.45, 7) is 1.47. The number of anilines is 2. The maximum absolute atomic E-state index is 13.4. The van der Waals surface area contributed by atoms with Crippen molar-refractivity contribution in [3.05, 3.63) is 59.7 Å². The van der Waals surface area contributed by atoms with E-state index in [1.807, 2.05) is 0 Å². The first-order chi connectivity index (χ1) is 17.7. The second kappa shape index (κ2) is 10.1. The van der Waals surface area contributed by atoms with E-state index in [0.717, 1.165) is 10.7 Å². The van der Waals surface area contributed by atoms with E-state index >= 15 is 0 Å². The van der Waals surface area contributed by atoms with E-state index in [1.54, 1.807) is 18.2 Å². The molecule has 0 aliphatic rings. The fraction of sp³-hybridized carbons (Fsp3) is 0.208. The predicted molar refractivity (Wildman–Crippen MR) is 127 cm³/mol. The number of alkyl halides is 3. The number of hydrogen-bond acceptors (Lipinski definition) is 9. The van der Waals surface area contributed by atoms with Crippen molar-refractivity contribution >= 4 is 17.9 Å². The number of aldehydes is 1. The normalized spacial score (nSPS) is 11.2. The molecular weight excluding hydrogens is 493 g/mol. The molecular formula is C24H21F3N6O4. The highest BCUT2D eigenvalue weighted by Gasteiger charge is 2.35. The third kappa shape index (κ3) is 5.29. The summed E-state index contributed by atoms with van der Waals surface area (Å²) in [6.07, 6.45) is -1.30. The van der Waals surface area contributed by atoms with Gasteiger partial charge >= 0.3 is 6.18 Å². The van der Waals surface area contributed by atoms with Crippen molar-refractivity contribution < 1.29 is 32.2 Å². The number of nitrogens with one attached hydrogen (secondary N) is 1. The Labute approximate surface area is 209 Å². The van der Waals surface area contributed by atoms with E-state index in [4.69, 9.17) is 14.2 Å². The maximum atomic E-state index is 13.4. The number of aromatic nitrogens is 5. The summed E-state index contributed by atoms with van der Waals surface area (Å²) in [7, 11) is 4.36. The van der Waals surface area contributed by atoms with Gasteiger partial charge in [-0.05, 0) is 19.1 Å². The molecule has 0 radical (unpaired) electrons. The van der Waals surface area contributed by atoms with Gasteiger partial charge in [-0.3, -0.25) is 4.79 Å². The largest absolute Gasteiger partial charge is 0.497 e. The molecule has 3 aromatic heterocycles. The number of rotatable bonds is 8. The average molecular weight is 514 g/mol. The van der Waals surface area contributed by atoms with E-state index in [-0.39, 0.29) is 34.5 Å². The number of methoxy groups -OCH3 is 3. The summed E-state index contributed by atoms with van der Waals surface area (Å²) in [6, 6.07) is 7.40. The minimum absolute atomic E-state index is 0.0316. The molecule has 1 aromatic carbocycles. The molecule has 0 aliphatic carbocycles. The van der Waals surface area contributed by atoms with Crippen LogP contribution in [-0.4, -0.2) is 52.3 Å². The van der Waals surface area contributed by atoms with Gasteiger partial charge in [-0.15, -0.1) is 0 Å². The molecule has 13 heteroatoms. The summed E-state index contributed by atoms with van der Waals surface area (Å²) < 4.78 is 56.9. The number of carbonyl (C=O) groups excluding carboxylic acids is 1. The molecule has 37 heavy (non-hydrogen) atoms. The van der Waals surface area contributed by atoms with Gasteiger partial charge in [-0.2, -0.15) is 23.3 Å². The monoisotopic (exact) mass is 514 g/mol. The van der Waals surface area contributed by atoms with Crippen molar-refractivity contribution in [2.45, 2.75) is 13.1 Å². The Balaban J connectivity index is 1.87. The lowest BCUT2D eigenvalue weighted by Gasteiger charge is -2.14. The molecule has 0 aliphatic heterocycles. The van der Waals surface area contributed by atoms with Crippen LogP contribution in [0.4, 0.5) is 24.8 Å². The van der Waals surface area contributed by atoms with Gasteiger partial charge in [0.25, 0.3) is 0 Å². The lowest BCUT2D eigenvalue weighted by atomic mass is 10.1. The summed E-state index contributed by atoms with van der Waals surface area (Å²) in [4.78, 5) is 24.4. The van der Waals surface area contributed by atoms with Crippen molar-refractivity contribution in [1.82, 2.24) is 24.7 Å². The van der Waals surface area contributed by atoms with Gasteiger partial charge in [-0.25, -0.2) is 14.6 Å².